The fourth-order valence-electron chi connectivity index (χ4n) is 2.49. The van der Waals surface area contributed by atoms with Gasteiger partial charge in [-0.1, -0.05) is 36.4 Å². The average molecular weight is 278 g/mol. The smallest absolute Gasteiger partial charge is 0.141 e. The summed E-state index contributed by atoms with van der Waals surface area (Å²) >= 11 is 0. The Hall–Kier alpha value is -2.55. The van der Waals surface area contributed by atoms with E-state index in [1.54, 1.807) is 7.11 Å². The number of imidazole rings is 1. The van der Waals surface area contributed by atoms with Crippen molar-refractivity contribution in [1.29, 1.82) is 0 Å². The molecule has 0 aliphatic heterocycles. The minimum atomic E-state index is 0.757. The van der Waals surface area contributed by atoms with Crippen LogP contribution in [0.2, 0.25) is 0 Å². The Labute approximate surface area is 124 Å². The van der Waals surface area contributed by atoms with Gasteiger partial charge >= 0.3 is 0 Å². The molecule has 3 heteroatoms. The van der Waals surface area contributed by atoms with Gasteiger partial charge in [0.15, 0.2) is 0 Å². The van der Waals surface area contributed by atoms with Crippen LogP contribution in [0.25, 0.3) is 22.4 Å². The van der Waals surface area contributed by atoms with Gasteiger partial charge in [-0.2, -0.15) is 0 Å². The summed E-state index contributed by atoms with van der Waals surface area (Å²) in [5.74, 6) is 1.78. The molecule has 0 radical (unpaired) electrons. The van der Waals surface area contributed by atoms with Crippen molar-refractivity contribution in [2.24, 2.45) is 0 Å². The van der Waals surface area contributed by atoms with Crippen molar-refractivity contribution in [2.45, 2.75) is 13.5 Å². The first-order valence-corrected chi connectivity index (χ1v) is 6.93. The number of hydrogen-bond acceptors (Lipinski definition) is 2. The van der Waals surface area contributed by atoms with Crippen LogP contribution in [0.15, 0.2) is 60.7 Å². The standard InChI is InChI=1S/C18H18N2O/c1-13(2)12-20-17-10-5-4-9-16(17)19-18(20)14-7-6-8-15(11-14)21-3/h4-11H,1,12H2,2-3H3. The van der Waals surface area contributed by atoms with Crippen molar-refractivity contribution in [1.82, 2.24) is 9.55 Å². The van der Waals surface area contributed by atoms with Crippen molar-refractivity contribution in [2.75, 3.05) is 7.11 Å². The average Bonchev–Trinajstić information content (AvgIpc) is 2.86. The molecule has 0 fully saturated rings. The number of aromatic nitrogens is 2. The lowest BCUT2D eigenvalue weighted by Crippen LogP contribution is -2.01. The molecule has 0 saturated carbocycles. The van der Waals surface area contributed by atoms with Gasteiger partial charge < -0.3 is 9.30 Å². The van der Waals surface area contributed by atoms with Gasteiger partial charge in [0.05, 0.1) is 18.1 Å². The molecule has 0 bridgehead atoms. The SMILES string of the molecule is C=C(C)Cn1c(-c2cccc(OC)c2)nc2ccccc21. The molecular weight excluding hydrogens is 260 g/mol. The van der Waals surface area contributed by atoms with Crippen molar-refractivity contribution in [3.05, 3.63) is 60.7 Å². The predicted octanol–water partition coefficient (Wildman–Crippen LogP) is 4.29. The molecule has 0 spiro atoms. The van der Waals surface area contributed by atoms with E-state index in [9.17, 15) is 0 Å². The Kier molecular flexibility index (Phi) is 3.48. The summed E-state index contributed by atoms with van der Waals surface area (Å²) in [4.78, 5) is 4.78. The molecule has 2 aromatic carbocycles. The van der Waals surface area contributed by atoms with Gasteiger partial charge in [0.2, 0.25) is 0 Å². The summed E-state index contributed by atoms with van der Waals surface area (Å²) in [6, 6.07) is 16.2. The first kappa shape index (κ1) is 13.4. The lowest BCUT2D eigenvalue weighted by atomic mass is 10.2. The molecule has 3 rings (SSSR count). The molecule has 3 nitrogen and oxygen atoms in total. The van der Waals surface area contributed by atoms with Crippen molar-refractivity contribution >= 4 is 11.0 Å². The highest BCUT2D eigenvalue weighted by Crippen LogP contribution is 2.27. The number of ether oxygens (including phenoxy) is 1. The highest BCUT2D eigenvalue weighted by molar-refractivity contribution is 5.81. The van der Waals surface area contributed by atoms with E-state index in [0.717, 1.165) is 40.3 Å². The maximum absolute atomic E-state index is 5.32. The third-order valence-electron chi connectivity index (χ3n) is 3.41. The zero-order valence-corrected chi connectivity index (χ0v) is 12.3. The van der Waals surface area contributed by atoms with Gasteiger partial charge in [-0.05, 0) is 31.2 Å². The van der Waals surface area contributed by atoms with Gasteiger partial charge in [0.25, 0.3) is 0 Å². The van der Waals surface area contributed by atoms with E-state index in [0.29, 0.717) is 0 Å². The van der Waals surface area contributed by atoms with Crippen LogP contribution >= 0.6 is 0 Å². The van der Waals surface area contributed by atoms with Gasteiger partial charge in [0, 0.05) is 12.1 Å². The Balaban J connectivity index is 2.22. The van der Waals surface area contributed by atoms with Crippen LogP contribution in [0.1, 0.15) is 6.92 Å². The molecule has 1 heterocycles. The van der Waals surface area contributed by atoms with E-state index in [2.05, 4.69) is 23.3 Å². The molecule has 0 atom stereocenters. The highest BCUT2D eigenvalue weighted by Gasteiger charge is 2.12. The van der Waals surface area contributed by atoms with E-state index in [-0.39, 0.29) is 0 Å². The van der Waals surface area contributed by atoms with Crippen molar-refractivity contribution in [3.8, 4) is 17.1 Å². The molecule has 21 heavy (non-hydrogen) atoms. The summed E-state index contributed by atoms with van der Waals surface area (Å²) < 4.78 is 7.52. The van der Waals surface area contributed by atoms with Crippen LogP contribution in [-0.2, 0) is 6.54 Å². The van der Waals surface area contributed by atoms with Crippen LogP contribution in [-0.4, -0.2) is 16.7 Å². The third-order valence-corrected chi connectivity index (χ3v) is 3.41. The number of nitrogens with zero attached hydrogens (tertiary/aromatic N) is 2. The molecular formula is C18H18N2O. The summed E-state index contributed by atoms with van der Waals surface area (Å²) in [6.07, 6.45) is 0. The van der Waals surface area contributed by atoms with Crippen LogP contribution in [0.4, 0.5) is 0 Å². The normalized spacial score (nSPS) is 10.8. The second-order valence-corrected chi connectivity index (χ2v) is 5.20. The highest BCUT2D eigenvalue weighted by atomic mass is 16.5. The largest absolute Gasteiger partial charge is 0.497 e. The van der Waals surface area contributed by atoms with Crippen LogP contribution < -0.4 is 4.74 Å². The van der Waals surface area contributed by atoms with E-state index in [4.69, 9.17) is 9.72 Å². The number of hydrogen-bond donors (Lipinski definition) is 0. The second-order valence-electron chi connectivity index (χ2n) is 5.20. The first-order chi connectivity index (χ1) is 10.2. The number of fused-ring (bicyclic) bond motifs is 1. The maximum atomic E-state index is 5.32. The zero-order valence-electron chi connectivity index (χ0n) is 12.3. The zero-order chi connectivity index (χ0) is 14.8. The summed E-state index contributed by atoms with van der Waals surface area (Å²) in [5, 5.41) is 0. The minimum Gasteiger partial charge on any atom is -0.497 e. The minimum absolute atomic E-state index is 0.757. The molecule has 0 saturated heterocycles. The van der Waals surface area contributed by atoms with Crippen molar-refractivity contribution < 1.29 is 4.74 Å². The van der Waals surface area contributed by atoms with Gasteiger partial charge in [-0.3, -0.25) is 0 Å². The lowest BCUT2D eigenvalue weighted by molar-refractivity contribution is 0.415. The molecule has 0 N–H and O–H groups in total. The lowest BCUT2D eigenvalue weighted by Gasteiger charge is -2.10. The quantitative estimate of drug-likeness (QED) is 0.666. The van der Waals surface area contributed by atoms with Gasteiger partial charge in [-0.15, -0.1) is 0 Å². The Bertz CT molecular complexity index is 802. The first-order valence-electron chi connectivity index (χ1n) is 6.93. The topological polar surface area (TPSA) is 27.1 Å². The maximum Gasteiger partial charge on any atom is 0.141 e. The monoisotopic (exact) mass is 278 g/mol. The third kappa shape index (κ3) is 2.55. The number of para-hydroxylation sites is 2. The molecule has 0 amide bonds. The van der Waals surface area contributed by atoms with Crippen LogP contribution in [0.5, 0.6) is 5.75 Å². The Morgan fingerprint density at radius 2 is 2.00 bits per heavy atom. The second kappa shape index (κ2) is 5.44. The number of benzene rings is 2. The van der Waals surface area contributed by atoms with Crippen LogP contribution in [0, 0.1) is 0 Å². The van der Waals surface area contributed by atoms with Crippen molar-refractivity contribution in [3.63, 3.8) is 0 Å². The van der Waals surface area contributed by atoms with E-state index < -0.39 is 0 Å². The number of rotatable bonds is 4. The fraction of sp³-hybridized carbons (Fsp3) is 0.167. The molecule has 0 unspecified atom stereocenters. The van der Waals surface area contributed by atoms with E-state index in [1.807, 2.05) is 43.3 Å². The number of allylic oxidation sites excluding steroid dienone is 1. The fourth-order valence-corrected chi connectivity index (χ4v) is 2.49. The molecule has 1 aromatic heterocycles. The molecule has 3 aromatic rings. The summed E-state index contributed by atoms with van der Waals surface area (Å²) in [7, 11) is 1.68. The van der Waals surface area contributed by atoms with Gasteiger partial charge in [-0.25, -0.2) is 4.98 Å². The van der Waals surface area contributed by atoms with Crippen LogP contribution in [0.3, 0.4) is 0 Å². The Morgan fingerprint density at radius 3 is 2.76 bits per heavy atom. The predicted molar refractivity (Wildman–Crippen MR) is 86.5 cm³/mol. The Morgan fingerprint density at radius 1 is 1.19 bits per heavy atom. The number of methoxy groups -OCH3 is 1. The molecule has 106 valence electrons. The van der Waals surface area contributed by atoms with Gasteiger partial charge in [0.1, 0.15) is 11.6 Å². The summed E-state index contributed by atoms with van der Waals surface area (Å²) in [6.45, 7) is 6.82. The van der Waals surface area contributed by atoms with E-state index >= 15 is 0 Å². The molecule has 0 aliphatic carbocycles. The molecule has 0 aliphatic rings. The van der Waals surface area contributed by atoms with E-state index in [1.165, 1.54) is 0 Å². The summed E-state index contributed by atoms with van der Waals surface area (Å²) in [5.41, 5.74) is 4.27.